The van der Waals surface area contributed by atoms with Crippen molar-refractivity contribution in [1.82, 2.24) is 0 Å². The number of ketones is 1. The largest absolute Gasteiger partial charge is 0.494 e. The van der Waals surface area contributed by atoms with E-state index in [0.717, 1.165) is 18.6 Å². The molecule has 1 N–H and O–H groups in total. The molecule has 0 saturated heterocycles. The van der Waals surface area contributed by atoms with E-state index in [0.29, 0.717) is 17.7 Å². The van der Waals surface area contributed by atoms with Gasteiger partial charge in [0.15, 0.2) is 5.78 Å². The van der Waals surface area contributed by atoms with Gasteiger partial charge in [-0.1, -0.05) is 30.3 Å². The summed E-state index contributed by atoms with van der Waals surface area (Å²) in [6, 6.07) is 16.4. The highest BCUT2D eigenvalue weighted by Crippen LogP contribution is 2.15. The van der Waals surface area contributed by atoms with Gasteiger partial charge in [0.2, 0.25) is 0 Å². The smallest absolute Gasteiger partial charge is 0.193 e. The Bertz CT molecular complexity index is 532. The van der Waals surface area contributed by atoms with Gasteiger partial charge in [0, 0.05) is 17.7 Å². The first-order valence-corrected chi connectivity index (χ1v) is 6.75. The third kappa shape index (κ3) is 3.93. The Morgan fingerprint density at radius 1 is 0.900 bits per heavy atom. The SMILES string of the molecule is O=C(c1ccccc1)c1ccc(OCCCCO)cc1. The first kappa shape index (κ1) is 14.3. The number of hydrogen-bond acceptors (Lipinski definition) is 3. The molecule has 0 aliphatic rings. The van der Waals surface area contributed by atoms with Gasteiger partial charge < -0.3 is 9.84 Å². The predicted molar refractivity (Wildman–Crippen MR) is 78.1 cm³/mol. The van der Waals surface area contributed by atoms with Crippen molar-refractivity contribution in [2.45, 2.75) is 12.8 Å². The minimum Gasteiger partial charge on any atom is -0.494 e. The fraction of sp³-hybridized carbons (Fsp3) is 0.235. The molecule has 104 valence electrons. The zero-order valence-electron chi connectivity index (χ0n) is 11.3. The standard InChI is InChI=1S/C17H18O3/c18-12-4-5-13-20-16-10-8-15(9-11-16)17(19)14-6-2-1-3-7-14/h1-3,6-11,18H,4-5,12-13H2. The highest BCUT2D eigenvalue weighted by Gasteiger charge is 2.08. The first-order chi connectivity index (χ1) is 9.81. The summed E-state index contributed by atoms with van der Waals surface area (Å²) >= 11 is 0. The van der Waals surface area contributed by atoms with Crippen LogP contribution in [0.4, 0.5) is 0 Å². The molecular formula is C17H18O3. The molecule has 0 atom stereocenters. The lowest BCUT2D eigenvalue weighted by Crippen LogP contribution is -2.02. The van der Waals surface area contributed by atoms with Crippen molar-refractivity contribution in [3.05, 3.63) is 65.7 Å². The zero-order chi connectivity index (χ0) is 14.2. The summed E-state index contributed by atoms with van der Waals surface area (Å²) in [5, 5.41) is 8.68. The molecule has 0 aromatic heterocycles. The van der Waals surface area contributed by atoms with Crippen LogP contribution in [-0.4, -0.2) is 24.1 Å². The van der Waals surface area contributed by atoms with Crippen LogP contribution in [-0.2, 0) is 0 Å². The van der Waals surface area contributed by atoms with E-state index in [9.17, 15) is 4.79 Å². The molecule has 3 nitrogen and oxygen atoms in total. The molecule has 2 aromatic carbocycles. The van der Waals surface area contributed by atoms with E-state index in [-0.39, 0.29) is 12.4 Å². The van der Waals surface area contributed by atoms with E-state index in [1.54, 1.807) is 24.3 Å². The summed E-state index contributed by atoms with van der Waals surface area (Å²) in [5.41, 5.74) is 1.34. The van der Waals surface area contributed by atoms with Gasteiger partial charge in [-0.25, -0.2) is 0 Å². The maximum Gasteiger partial charge on any atom is 0.193 e. The van der Waals surface area contributed by atoms with Gasteiger partial charge in [-0.3, -0.25) is 4.79 Å². The summed E-state index contributed by atoms with van der Waals surface area (Å²) in [6.45, 7) is 0.764. The van der Waals surface area contributed by atoms with Crippen LogP contribution in [0.1, 0.15) is 28.8 Å². The van der Waals surface area contributed by atoms with Crippen LogP contribution in [0, 0.1) is 0 Å². The second-order valence-electron chi connectivity index (χ2n) is 4.50. The first-order valence-electron chi connectivity index (χ1n) is 6.75. The lowest BCUT2D eigenvalue weighted by molar-refractivity contribution is 0.103. The van der Waals surface area contributed by atoms with E-state index in [1.165, 1.54) is 0 Å². The van der Waals surface area contributed by atoms with Crippen molar-refractivity contribution in [1.29, 1.82) is 0 Å². The molecule has 0 aliphatic heterocycles. The fourth-order valence-electron chi connectivity index (χ4n) is 1.86. The monoisotopic (exact) mass is 270 g/mol. The van der Waals surface area contributed by atoms with Crippen LogP contribution in [0.2, 0.25) is 0 Å². The van der Waals surface area contributed by atoms with Crippen LogP contribution in [0.15, 0.2) is 54.6 Å². The Kier molecular flexibility index (Phi) is 5.33. The summed E-state index contributed by atoms with van der Waals surface area (Å²) in [4.78, 5) is 12.2. The molecule has 0 radical (unpaired) electrons. The van der Waals surface area contributed by atoms with Gasteiger partial charge in [0.25, 0.3) is 0 Å². The Morgan fingerprint density at radius 2 is 1.55 bits per heavy atom. The summed E-state index contributed by atoms with van der Waals surface area (Å²) < 4.78 is 5.53. The highest BCUT2D eigenvalue weighted by molar-refractivity contribution is 6.08. The number of rotatable bonds is 7. The Balaban J connectivity index is 1.96. The van der Waals surface area contributed by atoms with Crippen molar-refractivity contribution in [2.24, 2.45) is 0 Å². The number of hydrogen-bond donors (Lipinski definition) is 1. The predicted octanol–water partition coefficient (Wildman–Crippen LogP) is 3.07. The van der Waals surface area contributed by atoms with Crippen LogP contribution >= 0.6 is 0 Å². The number of aliphatic hydroxyl groups excluding tert-OH is 1. The minimum absolute atomic E-state index is 0.0115. The molecule has 0 spiro atoms. The van der Waals surface area contributed by atoms with E-state index in [4.69, 9.17) is 9.84 Å². The van der Waals surface area contributed by atoms with E-state index >= 15 is 0 Å². The number of benzene rings is 2. The molecule has 0 bridgehead atoms. The fourth-order valence-corrected chi connectivity index (χ4v) is 1.86. The summed E-state index contributed by atoms with van der Waals surface area (Å²) in [7, 11) is 0. The zero-order valence-corrected chi connectivity index (χ0v) is 11.3. The molecule has 0 amide bonds. The quantitative estimate of drug-likeness (QED) is 0.621. The van der Waals surface area contributed by atoms with Gasteiger partial charge >= 0.3 is 0 Å². The van der Waals surface area contributed by atoms with Crippen LogP contribution in [0.25, 0.3) is 0 Å². The van der Waals surface area contributed by atoms with Crippen molar-refractivity contribution in [2.75, 3.05) is 13.2 Å². The maximum atomic E-state index is 12.2. The van der Waals surface area contributed by atoms with E-state index < -0.39 is 0 Å². The minimum atomic E-state index is 0.0115. The molecule has 2 aromatic rings. The molecule has 0 heterocycles. The van der Waals surface area contributed by atoms with Gasteiger partial charge in [-0.15, -0.1) is 0 Å². The van der Waals surface area contributed by atoms with Crippen molar-refractivity contribution in [3.63, 3.8) is 0 Å². The molecular weight excluding hydrogens is 252 g/mol. The van der Waals surface area contributed by atoms with Gasteiger partial charge in [-0.2, -0.15) is 0 Å². The average molecular weight is 270 g/mol. The lowest BCUT2D eigenvalue weighted by atomic mass is 10.0. The Morgan fingerprint density at radius 3 is 2.20 bits per heavy atom. The normalized spacial score (nSPS) is 10.2. The maximum absolute atomic E-state index is 12.2. The van der Waals surface area contributed by atoms with Crippen molar-refractivity contribution < 1.29 is 14.6 Å². The summed E-state index contributed by atoms with van der Waals surface area (Å²) in [6.07, 6.45) is 1.56. The second kappa shape index (κ2) is 7.46. The molecule has 0 aliphatic carbocycles. The van der Waals surface area contributed by atoms with Crippen molar-refractivity contribution >= 4 is 5.78 Å². The van der Waals surface area contributed by atoms with Crippen LogP contribution in [0.5, 0.6) is 5.75 Å². The number of aliphatic hydroxyl groups is 1. The molecule has 0 saturated carbocycles. The third-order valence-electron chi connectivity index (χ3n) is 2.97. The number of unbranched alkanes of at least 4 members (excludes halogenated alkanes) is 1. The molecule has 0 fully saturated rings. The number of ether oxygens (including phenoxy) is 1. The molecule has 20 heavy (non-hydrogen) atoms. The summed E-state index contributed by atoms with van der Waals surface area (Å²) in [5.74, 6) is 0.755. The van der Waals surface area contributed by atoms with Gasteiger partial charge in [0.05, 0.1) is 6.61 Å². The molecule has 0 unspecified atom stereocenters. The highest BCUT2D eigenvalue weighted by atomic mass is 16.5. The molecule has 3 heteroatoms. The Hall–Kier alpha value is -2.13. The Labute approximate surface area is 118 Å². The number of carbonyl (C=O) groups is 1. The van der Waals surface area contributed by atoms with E-state index in [2.05, 4.69) is 0 Å². The van der Waals surface area contributed by atoms with Gasteiger partial charge in [-0.05, 0) is 37.1 Å². The average Bonchev–Trinajstić information content (AvgIpc) is 2.52. The van der Waals surface area contributed by atoms with Crippen LogP contribution < -0.4 is 4.74 Å². The number of carbonyl (C=O) groups excluding carboxylic acids is 1. The topological polar surface area (TPSA) is 46.5 Å². The third-order valence-corrected chi connectivity index (χ3v) is 2.97. The second-order valence-corrected chi connectivity index (χ2v) is 4.50. The van der Waals surface area contributed by atoms with Crippen LogP contribution in [0.3, 0.4) is 0 Å². The molecule has 2 rings (SSSR count). The lowest BCUT2D eigenvalue weighted by Gasteiger charge is -2.06. The van der Waals surface area contributed by atoms with Crippen molar-refractivity contribution in [3.8, 4) is 5.75 Å². The van der Waals surface area contributed by atoms with Gasteiger partial charge in [0.1, 0.15) is 5.75 Å². The van der Waals surface area contributed by atoms with E-state index in [1.807, 2.05) is 30.3 Å².